The minimum atomic E-state index is -1.75. The highest BCUT2D eigenvalue weighted by atomic mass is 16.9. The lowest BCUT2D eigenvalue weighted by Crippen LogP contribution is -2.18. The van der Waals surface area contributed by atoms with Crippen molar-refractivity contribution in [2.24, 2.45) is 0 Å². The first-order chi connectivity index (χ1) is 5.46. The van der Waals surface area contributed by atoms with Crippen LogP contribution in [0.15, 0.2) is 0 Å². The Morgan fingerprint density at radius 2 is 0.667 bits per heavy atom. The highest BCUT2D eigenvalue weighted by Crippen LogP contribution is 1.44. The molecule has 0 spiro atoms. The van der Waals surface area contributed by atoms with E-state index in [1.54, 1.807) is 0 Å². The van der Waals surface area contributed by atoms with Crippen LogP contribution in [0.3, 0.4) is 0 Å². The Bertz CT molecular complexity index is 87.6. The first-order valence-corrected chi connectivity index (χ1v) is 1.57. The van der Waals surface area contributed by atoms with Gasteiger partial charge in [0, 0.05) is 9.81 Å². The summed E-state index contributed by atoms with van der Waals surface area (Å²) < 4.78 is 0. The number of nitrogens with zero attached hydrogens (tertiary/aromatic N) is 2. The van der Waals surface area contributed by atoms with E-state index in [9.17, 15) is 0 Å². The predicted molar refractivity (Wildman–Crippen MR) is 31.3 cm³/mol. The molecule has 0 heterocycles. The fraction of sp³-hybridized carbons (Fsp3) is 0. The third-order valence-corrected chi connectivity index (χ3v) is 0. The van der Waals surface area contributed by atoms with Crippen molar-refractivity contribution in [3.05, 3.63) is 40.5 Å². The van der Waals surface area contributed by atoms with E-state index in [0.29, 0.717) is 0 Å². The van der Waals surface area contributed by atoms with Gasteiger partial charge >= 0.3 is 0 Å². The summed E-state index contributed by atoms with van der Waals surface area (Å²) >= 11 is 0. The molecule has 0 saturated heterocycles. The van der Waals surface area contributed by atoms with Crippen LogP contribution in [-0.2, 0) is 0 Å². The van der Waals surface area contributed by atoms with Gasteiger partial charge < -0.3 is 30.6 Å². The molecule has 12 nitrogen and oxygen atoms in total. The molecule has 0 saturated carbocycles. The maximum absolute atomic E-state index is 8.25. The molecule has 0 aliphatic heterocycles. The molecule has 0 atom stereocenters. The van der Waals surface area contributed by atoms with Crippen molar-refractivity contribution in [3.8, 4) is 0 Å². The van der Waals surface area contributed by atoms with E-state index in [0.717, 1.165) is 0 Å². The van der Waals surface area contributed by atoms with Gasteiger partial charge in [-0.25, -0.2) is 0 Å². The number of rotatable bonds is 0. The Morgan fingerprint density at radius 3 is 0.667 bits per heavy atom. The molecule has 0 radical (unpaired) electrons. The Hall–Kier alpha value is -2.40. The van der Waals surface area contributed by atoms with Crippen LogP contribution >= 0.6 is 0 Å². The van der Waals surface area contributed by atoms with Crippen molar-refractivity contribution >= 4 is 0 Å². The number of hydrogen-bond acceptors (Lipinski definition) is 8. The molecule has 0 amide bonds. The molecule has 0 aliphatic carbocycles. The zero-order chi connectivity index (χ0) is 11.2. The third-order valence-electron chi connectivity index (χ3n) is 0. The first kappa shape index (κ1) is 22.6. The monoisotopic (exact) mass is 188 g/mol. The van der Waals surface area contributed by atoms with E-state index < -0.39 is 10.2 Å². The molecule has 0 unspecified atom stereocenters. The van der Waals surface area contributed by atoms with Crippen LogP contribution in [0.1, 0.15) is 0 Å². The summed E-state index contributed by atoms with van der Waals surface area (Å²) in [6, 6.07) is 0. The fourth-order valence-corrected chi connectivity index (χ4v) is 0. The fourth-order valence-electron chi connectivity index (χ4n) is 0. The highest BCUT2D eigenvalue weighted by Gasteiger charge is 1.46. The minimum Gasteiger partial charge on any atom is -0.356 e. The van der Waals surface area contributed by atoms with E-state index in [2.05, 4.69) is 11.2 Å². The molecule has 0 rings (SSSR count). The van der Waals surface area contributed by atoms with Crippen molar-refractivity contribution in [2.45, 2.75) is 0 Å². The summed E-state index contributed by atoms with van der Waals surface area (Å²) in [7, 11) is 0. The van der Waals surface area contributed by atoms with Crippen LogP contribution in [0.25, 0.3) is 0 Å². The summed E-state index contributed by atoms with van der Waals surface area (Å²) in [5, 5.41) is 29.5. The van der Waals surface area contributed by atoms with Gasteiger partial charge in [-0.05, 0) is 11.2 Å². The third kappa shape index (κ3) is 57.5. The van der Waals surface area contributed by atoms with Gasteiger partial charge in [-0.1, -0.05) is 0 Å². The molecule has 0 fully saturated rings. The summed E-state index contributed by atoms with van der Waals surface area (Å²) in [6.07, 6.45) is 0. The van der Waals surface area contributed by atoms with Gasteiger partial charge in [0.1, 0.15) is 0 Å². The van der Waals surface area contributed by atoms with Crippen LogP contribution in [0.5, 0.6) is 0 Å². The largest absolute Gasteiger partial charge is 0.356 e. The second kappa shape index (κ2) is 38.3. The maximum Gasteiger partial charge on any atom is 0.0689 e. The predicted octanol–water partition coefficient (Wildman–Crippen LogP) is -3.45. The van der Waals surface area contributed by atoms with Crippen molar-refractivity contribution in [2.75, 3.05) is 0 Å². The first-order valence-electron chi connectivity index (χ1n) is 1.57. The lowest BCUT2D eigenvalue weighted by molar-refractivity contribution is -0.403. The van der Waals surface area contributed by atoms with Gasteiger partial charge in [0.15, 0.2) is 0 Å². The maximum atomic E-state index is 8.25. The van der Waals surface area contributed by atoms with Crippen LogP contribution in [-0.4, -0.2) is 10.2 Å². The van der Waals surface area contributed by atoms with Gasteiger partial charge in [-0.2, -0.15) is 0 Å². The zero-order valence-corrected chi connectivity index (χ0v) is 5.32. The Labute approximate surface area is 63.2 Å². The van der Waals surface area contributed by atoms with E-state index in [4.69, 9.17) is 40.5 Å². The Balaban J connectivity index is -0.0000000380. The standard InChI is InChI=1S/2NO3.2H2NO/c2*2-1(3)4;2*1-2/h;;2*1H2/q2*-1;2*+1. The van der Waals surface area contributed by atoms with Crippen LogP contribution in [0.4, 0.5) is 0 Å². The molecule has 0 aliphatic rings. The molecular weight excluding hydrogens is 184 g/mol. The van der Waals surface area contributed by atoms with Gasteiger partial charge in [0.25, 0.3) is 0 Å². The molecule has 0 aromatic heterocycles. The van der Waals surface area contributed by atoms with Crippen molar-refractivity contribution in [1.29, 1.82) is 0 Å². The molecule has 4 N–H and O–H groups in total. The second-order valence-electron chi connectivity index (χ2n) is 0.447. The molecule has 72 valence electrons. The molecule has 0 aromatic rings. The van der Waals surface area contributed by atoms with Gasteiger partial charge in [0.2, 0.25) is 0 Å². The average molecular weight is 188 g/mol. The smallest absolute Gasteiger partial charge is 0.0689 e. The van der Waals surface area contributed by atoms with E-state index in [-0.39, 0.29) is 0 Å². The lowest BCUT2D eigenvalue weighted by atomic mass is 13.1. The summed E-state index contributed by atoms with van der Waals surface area (Å²) in [5.41, 5.74) is 6.50. The van der Waals surface area contributed by atoms with Gasteiger partial charge in [-0.15, -0.1) is 0 Å². The number of nitrogens with two attached hydrogens (primary N) is 2. The quantitative estimate of drug-likeness (QED) is 0.286. The van der Waals surface area contributed by atoms with Gasteiger partial charge in [0.05, 0.1) is 10.2 Å². The van der Waals surface area contributed by atoms with Crippen molar-refractivity contribution in [1.82, 2.24) is 0 Å². The van der Waals surface area contributed by atoms with E-state index in [1.165, 1.54) is 0 Å². The SMILES string of the molecule is O=[N+]([O-])[O-].O=[N+]([O-])[O-].[NH2+]=O.[NH2+]=O. The summed E-state index contributed by atoms with van der Waals surface area (Å²) in [4.78, 5) is 32.0. The number of nitroso groups, excluding NO2 is 2. The van der Waals surface area contributed by atoms with Crippen molar-refractivity contribution < 1.29 is 21.4 Å². The topological polar surface area (TPSA) is 218 Å². The van der Waals surface area contributed by atoms with Crippen LogP contribution < -0.4 is 11.2 Å². The molecule has 12 heavy (non-hydrogen) atoms. The minimum absolute atomic E-state index is 1.75. The zero-order valence-electron chi connectivity index (χ0n) is 5.32. The van der Waals surface area contributed by atoms with E-state index >= 15 is 0 Å². The molecular formula is H4N4O8. The summed E-state index contributed by atoms with van der Waals surface area (Å²) in [6.45, 7) is 0. The van der Waals surface area contributed by atoms with Crippen LogP contribution in [0.2, 0.25) is 0 Å². The highest BCUT2D eigenvalue weighted by molar-refractivity contribution is 4.04. The molecule has 0 aromatic carbocycles. The normalized spacial score (nSPS) is 4.67. The summed E-state index contributed by atoms with van der Waals surface area (Å²) in [5.74, 6) is 0. The molecule has 0 bridgehead atoms. The number of hydrogen-bond donors (Lipinski definition) is 2. The Kier molecular flexibility index (Phi) is 72.3. The lowest BCUT2D eigenvalue weighted by Gasteiger charge is -1.74. The van der Waals surface area contributed by atoms with Crippen LogP contribution in [0, 0.1) is 40.5 Å². The average Bonchev–Trinajstić information content (AvgIpc) is 1.93. The molecule has 12 heteroatoms. The van der Waals surface area contributed by atoms with Crippen molar-refractivity contribution in [3.63, 3.8) is 0 Å². The van der Waals surface area contributed by atoms with Gasteiger partial charge in [-0.3, -0.25) is 0 Å². The van der Waals surface area contributed by atoms with E-state index in [1.807, 2.05) is 0 Å². The Morgan fingerprint density at radius 1 is 0.667 bits per heavy atom. The second-order valence-corrected chi connectivity index (χ2v) is 0.447.